The van der Waals surface area contributed by atoms with E-state index in [1.54, 1.807) is 0 Å². The maximum absolute atomic E-state index is 13.6. The zero-order chi connectivity index (χ0) is 26.8. The molecule has 0 bridgehead atoms. The number of anilines is 4. The third-order valence-corrected chi connectivity index (χ3v) is 6.61. The summed E-state index contributed by atoms with van der Waals surface area (Å²) in [6.07, 6.45) is 1.26. The van der Waals surface area contributed by atoms with Gasteiger partial charge in [-0.1, -0.05) is 60.7 Å². The summed E-state index contributed by atoms with van der Waals surface area (Å²) in [4.78, 5) is 27.3. The Morgan fingerprint density at radius 2 is 0.895 bits per heavy atom. The molecule has 8 nitrogen and oxygen atoms in total. The third-order valence-electron chi connectivity index (χ3n) is 6.61. The third kappa shape index (κ3) is 4.48. The van der Waals surface area contributed by atoms with Gasteiger partial charge in [-0.2, -0.15) is 0 Å². The van der Waals surface area contributed by atoms with Crippen LogP contribution in [0.2, 0.25) is 0 Å². The molecular formula is C30H28N4O4. The van der Waals surface area contributed by atoms with Crippen LogP contribution in [-0.2, 0) is 12.8 Å². The number of nitrogens with two attached hydrogens (primary N) is 4. The molecule has 0 saturated heterocycles. The number of rotatable bonds is 8. The molecule has 0 heterocycles. The van der Waals surface area contributed by atoms with Crippen LogP contribution in [0, 0.1) is 0 Å². The number of ketones is 2. The normalized spacial score (nSPS) is 12.1. The number of fused-ring (bicyclic) bond motifs is 2. The van der Waals surface area contributed by atoms with Crippen molar-refractivity contribution in [3.63, 3.8) is 0 Å². The van der Waals surface area contributed by atoms with Gasteiger partial charge in [0.2, 0.25) is 0 Å². The summed E-state index contributed by atoms with van der Waals surface area (Å²) < 4.78 is 11.7. The van der Waals surface area contributed by atoms with Crippen molar-refractivity contribution in [2.24, 2.45) is 0 Å². The predicted molar refractivity (Wildman–Crippen MR) is 149 cm³/mol. The van der Waals surface area contributed by atoms with E-state index in [1.165, 1.54) is 12.1 Å². The van der Waals surface area contributed by atoms with Gasteiger partial charge in [0.05, 0.1) is 46.8 Å². The van der Waals surface area contributed by atoms with Gasteiger partial charge in [-0.15, -0.1) is 0 Å². The summed E-state index contributed by atoms with van der Waals surface area (Å²) in [5.74, 6) is -0.608. The van der Waals surface area contributed by atoms with Crippen LogP contribution in [0.1, 0.15) is 43.0 Å². The topological polar surface area (TPSA) is 157 Å². The van der Waals surface area contributed by atoms with Crippen LogP contribution in [0.5, 0.6) is 11.5 Å². The highest BCUT2D eigenvalue weighted by Crippen LogP contribution is 2.44. The number of hydrogen-bond acceptors (Lipinski definition) is 8. The van der Waals surface area contributed by atoms with Gasteiger partial charge in [-0.3, -0.25) is 9.59 Å². The highest BCUT2D eigenvalue weighted by atomic mass is 16.5. The van der Waals surface area contributed by atoms with E-state index in [-0.39, 0.29) is 56.5 Å². The number of benzene rings is 4. The Morgan fingerprint density at radius 1 is 0.526 bits per heavy atom. The second-order valence-corrected chi connectivity index (χ2v) is 9.08. The molecule has 1 aliphatic carbocycles. The molecule has 0 atom stereocenters. The van der Waals surface area contributed by atoms with Gasteiger partial charge in [0.15, 0.2) is 11.6 Å². The quantitative estimate of drug-likeness (QED) is 0.229. The fraction of sp³-hybridized carbons (Fsp3) is 0.133. The minimum absolute atomic E-state index is 0.0112. The van der Waals surface area contributed by atoms with E-state index in [2.05, 4.69) is 0 Å². The lowest BCUT2D eigenvalue weighted by Crippen LogP contribution is -2.27. The van der Waals surface area contributed by atoms with E-state index in [4.69, 9.17) is 32.4 Å². The molecule has 0 aliphatic heterocycles. The molecule has 0 spiro atoms. The van der Waals surface area contributed by atoms with Crippen molar-refractivity contribution in [3.05, 3.63) is 106 Å². The molecule has 4 aromatic carbocycles. The Hall–Kier alpha value is -4.98. The first-order valence-electron chi connectivity index (χ1n) is 12.2. The number of ether oxygens (including phenoxy) is 2. The molecule has 0 amide bonds. The summed E-state index contributed by atoms with van der Waals surface area (Å²) in [5, 5.41) is 0. The molecular weight excluding hydrogens is 480 g/mol. The van der Waals surface area contributed by atoms with Gasteiger partial charge >= 0.3 is 0 Å². The van der Waals surface area contributed by atoms with Gasteiger partial charge in [0.25, 0.3) is 0 Å². The maximum atomic E-state index is 13.6. The molecule has 0 saturated carbocycles. The van der Waals surface area contributed by atoms with Crippen molar-refractivity contribution in [2.75, 3.05) is 36.1 Å². The van der Waals surface area contributed by atoms with Crippen molar-refractivity contribution >= 4 is 34.3 Å². The fourth-order valence-corrected chi connectivity index (χ4v) is 4.68. The van der Waals surface area contributed by atoms with Crippen LogP contribution < -0.4 is 32.4 Å². The fourth-order valence-electron chi connectivity index (χ4n) is 4.68. The molecule has 4 aromatic rings. The highest BCUT2D eigenvalue weighted by Gasteiger charge is 2.38. The molecule has 0 unspecified atom stereocenters. The molecule has 8 N–H and O–H groups in total. The first-order valence-corrected chi connectivity index (χ1v) is 12.2. The molecule has 192 valence electrons. The number of carbonyl (C=O) groups is 2. The summed E-state index contributed by atoms with van der Waals surface area (Å²) in [6, 6.07) is 22.5. The van der Waals surface area contributed by atoms with E-state index < -0.39 is 11.6 Å². The molecule has 5 rings (SSSR count). The summed E-state index contributed by atoms with van der Waals surface area (Å²) in [6.45, 7) is 0.619. The zero-order valence-electron chi connectivity index (χ0n) is 20.7. The number of nitrogen functional groups attached to an aromatic ring is 4. The van der Waals surface area contributed by atoms with Gasteiger partial charge in [-0.05, 0) is 11.1 Å². The standard InChI is InChI=1S/C30H28N4O4/c31-19-15-21(37-13-11-17-7-3-1-4-8-17)27(33)25-23(19)30(36)26-24(29(25)35)20(32)16-22(28(26)34)38-14-12-18-9-5-2-6-10-18/h1-10,15-16H,11-14,31-34H2. The Kier molecular flexibility index (Phi) is 6.62. The van der Waals surface area contributed by atoms with Crippen LogP contribution in [0.15, 0.2) is 72.8 Å². The molecule has 8 heteroatoms. The van der Waals surface area contributed by atoms with Crippen molar-refractivity contribution in [1.82, 2.24) is 0 Å². The Labute approximate surface area is 220 Å². The monoisotopic (exact) mass is 508 g/mol. The zero-order valence-corrected chi connectivity index (χ0v) is 20.7. The van der Waals surface area contributed by atoms with Crippen LogP contribution in [0.3, 0.4) is 0 Å². The summed E-state index contributed by atoms with van der Waals surface area (Å²) >= 11 is 0. The van der Waals surface area contributed by atoms with Crippen LogP contribution in [0.25, 0.3) is 0 Å². The smallest absolute Gasteiger partial charge is 0.198 e. The number of carbonyl (C=O) groups excluding carboxylic acids is 2. The van der Waals surface area contributed by atoms with E-state index in [0.717, 1.165) is 11.1 Å². The lowest BCUT2D eigenvalue weighted by molar-refractivity contribution is 0.0981. The lowest BCUT2D eigenvalue weighted by Gasteiger charge is -2.25. The molecule has 0 aromatic heterocycles. The van der Waals surface area contributed by atoms with Gasteiger partial charge in [0.1, 0.15) is 11.5 Å². The van der Waals surface area contributed by atoms with Crippen LogP contribution in [-0.4, -0.2) is 24.8 Å². The van der Waals surface area contributed by atoms with Crippen molar-refractivity contribution in [3.8, 4) is 11.5 Å². The lowest BCUT2D eigenvalue weighted by atomic mass is 9.80. The summed E-state index contributed by atoms with van der Waals surface area (Å²) in [7, 11) is 0. The Morgan fingerprint density at radius 3 is 1.26 bits per heavy atom. The van der Waals surface area contributed by atoms with Gasteiger partial charge in [-0.25, -0.2) is 0 Å². The van der Waals surface area contributed by atoms with Crippen molar-refractivity contribution < 1.29 is 19.1 Å². The van der Waals surface area contributed by atoms with Crippen LogP contribution >= 0.6 is 0 Å². The van der Waals surface area contributed by atoms with Crippen molar-refractivity contribution in [1.29, 1.82) is 0 Å². The molecule has 0 fully saturated rings. The molecule has 1 aliphatic rings. The largest absolute Gasteiger partial charge is 0.491 e. The van der Waals surface area contributed by atoms with Gasteiger partial charge < -0.3 is 32.4 Å². The van der Waals surface area contributed by atoms with E-state index in [1.807, 2.05) is 60.7 Å². The van der Waals surface area contributed by atoms with E-state index in [0.29, 0.717) is 26.1 Å². The maximum Gasteiger partial charge on any atom is 0.198 e. The van der Waals surface area contributed by atoms with Gasteiger partial charge in [0, 0.05) is 36.3 Å². The predicted octanol–water partition coefficient (Wildman–Crippen LogP) is 4.03. The Balaban J connectivity index is 1.43. The highest BCUT2D eigenvalue weighted by molar-refractivity contribution is 6.35. The minimum atomic E-state index is -0.535. The molecule has 38 heavy (non-hydrogen) atoms. The van der Waals surface area contributed by atoms with Crippen molar-refractivity contribution in [2.45, 2.75) is 12.8 Å². The number of hydrogen-bond donors (Lipinski definition) is 4. The SMILES string of the molecule is Nc1cc(OCCc2ccccc2)c(N)c2c1C(=O)c1c(N)c(OCCc3ccccc3)cc(N)c1C2=O. The summed E-state index contributed by atoms with van der Waals surface area (Å²) in [5.41, 5.74) is 27.5. The second-order valence-electron chi connectivity index (χ2n) is 9.08. The van der Waals surface area contributed by atoms with E-state index >= 15 is 0 Å². The van der Waals surface area contributed by atoms with E-state index in [9.17, 15) is 9.59 Å². The average molecular weight is 509 g/mol. The Bertz CT molecular complexity index is 1420. The molecule has 0 radical (unpaired) electrons. The second kappa shape index (κ2) is 10.2. The van der Waals surface area contributed by atoms with Crippen LogP contribution in [0.4, 0.5) is 22.7 Å². The first-order chi connectivity index (χ1) is 18.4. The average Bonchev–Trinajstić information content (AvgIpc) is 2.92. The first kappa shape index (κ1) is 24.7. The minimum Gasteiger partial charge on any atom is -0.491 e.